The number of halogens is 1. The molecule has 1 unspecified atom stereocenters. The van der Waals surface area contributed by atoms with Crippen LogP contribution < -0.4 is 11.1 Å². The highest BCUT2D eigenvalue weighted by Crippen LogP contribution is 2.24. The van der Waals surface area contributed by atoms with Crippen LogP contribution in [0.1, 0.15) is 22.9 Å². The summed E-state index contributed by atoms with van der Waals surface area (Å²) in [6, 6.07) is 4.46. The van der Waals surface area contributed by atoms with E-state index in [1.54, 1.807) is 17.4 Å². The number of nitrogens with two attached hydrogens (primary N) is 1. The third-order valence-corrected chi connectivity index (χ3v) is 3.41. The van der Waals surface area contributed by atoms with Crippen LogP contribution in [0.4, 0.5) is 15.8 Å². The molecule has 0 amide bonds. The Morgan fingerprint density at radius 1 is 1.41 bits per heavy atom. The lowest BCUT2D eigenvalue weighted by Gasteiger charge is -2.13. The summed E-state index contributed by atoms with van der Waals surface area (Å²) >= 11 is 1.62. The highest BCUT2D eigenvalue weighted by Gasteiger charge is 2.09. The molecule has 2 aromatic rings. The van der Waals surface area contributed by atoms with Crippen LogP contribution in [0.15, 0.2) is 24.4 Å². The molecule has 0 aliphatic heterocycles. The number of nitrogen functional groups attached to an aromatic ring is 1. The fourth-order valence-electron chi connectivity index (χ4n) is 1.58. The van der Waals surface area contributed by atoms with E-state index in [2.05, 4.69) is 10.3 Å². The van der Waals surface area contributed by atoms with Crippen LogP contribution in [0.3, 0.4) is 0 Å². The first-order chi connectivity index (χ1) is 8.04. The van der Waals surface area contributed by atoms with Crippen molar-refractivity contribution in [3.05, 3.63) is 40.1 Å². The molecule has 0 saturated heterocycles. The first-order valence-electron chi connectivity index (χ1n) is 5.29. The third kappa shape index (κ3) is 2.94. The van der Waals surface area contributed by atoms with Gasteiger partial charge in [-0.1, -0.05) is 0 Å². The van der Waals surface area contributed by atoms with Gasteiger partial charge in [0.05, 0.1) is 6.04 Å². The molecule has 0 fully saturated rings. The summed E-state index contributed by atoms with van der Waals surface area (Å²) in [6.07, 6.45) is 1.83. The van der Waals surface area contributed by atoms with Crippen LogP contribution in [0.5, 0.6) is 0 Å². The Hall–Kier alpha value is -1.62. The molecule has 1 heterocycles. The monoisotopic (exact) mass is 251 g/mol. The van der Waals surface area contributed by atoms with E-state index in [1.807, 2.05) is 20.0 Å². The van der Waals surface area contributed by atoms with Crippen molar-refractivity contribution in [1.29, 1.82) is 0 Å². The van der Waals surface area contributed by atoms with Crippen molar-refractivity contribution in [2.75, 3.05) is 11.1 Å². The van der Waals surface area contributed by atoms with Crippen molar-refractivity contribution >= 4 is 22.7 Å². The Kier molecular flexibility index (Phi) is 3.28. The van der Waals surface area contributed by atoms with Gasteiger partial charge >= 0.3 is 0 Å². The predicted molar refractivity (Wildman–Crippen MR) is 69.7 cm³/mol. The molecule has 0 saturated carbocycles. The highest BCUT2D eigenvalue weighted by atomic mass is 32.1. The summed E-state index contributed by atoms with van der Waals surface area (Å²) in [5, 5.41) is 4.16. The number of rotatable bonds is 3. The van der Waals surface area contributed by atoms with Gasteiger partial charge in [-0.3, -0.25) is 0 Å². The molecule has 0 radical (unpaired) electrons. The van der Waals surface area contributed by atoms with Crippen LogP contribution in [-0.4, -0.2) is 4.98 Å². The molecule has 0 aliphatic rings. The van der Waals surface area contributed by atoms with Crippen LogP contribution in [0.25, 0.3) is 0 Å². The molecular weight excluding hydrogens is 237 g/mol. The second kappa shape index (κ2) is 4.71. The van der Waals surface area contributed by atoms with Crippen molar-refractivity contribution in [3.63, 3.8) is 0 Å². The minimum Gasteiger partial charge on any atom is -0.399 e. The van der Waals surface area contributed by atoms with E-state index in [9.17, 15) is 4.39 Å². The lowest BCUT2D eigenvalue weighted by atomic mass is 10.2. The lowest BCUT2D eigenvalue weighted by Crippen LogP contribution is -2.06. The van der Waals surface area contributed by atoms with Gasteiger partial charge in [-0.2, -0.15) is 0 Å². The van der Waals surface area contributed by atoms with Crippen LogP contribution in [0, 0.1) is 12.7 Å². The Morgan fingerprint density at radius 3 is 2.76 bits per heavy atom. The normalized spacial score (nSPS) is 12.4. The molecule has 90 valence electrons. The largest absolute Gasteiger partial charge is 0.399 e. The third-order valence-electron chi connectivity index (χ3n) is 2.31. The van der Waals surface area contributed by atoms with Crippen molar-refractivity contribution < 1.29 is 4.39 Å². The van der Waals surface area contributed by atoms with Gasteiger partial charge in [-0.05, 0) is 32.0 Å². The van der Waals surface area contributed by atoms with Gasteiger partial charge in [0.1, 0.15) is 10.8 Å². The van der Waals surface area contributed by atoms with E-state index in [-0.39, 0.29) is 11.9 Å². The number of hydrogen-bond acceptors (Lipinski definition) is 4. The molecule has 0 bridgehead atoms. The number of nitrogens with one attached hydrogen (secondary N) is 1. The summed E-state index contributed by atoms with van der Waals surface area (Å²) in [5.41, 5.74) is 6.67. The van der Waals surface area contributed by atoms with E-state index in [4.69, 9.17) is 5.73 Å². The zero-order valence-electron chi connectivity index (χ0n) is 9.70. The molecule has 0 spiro atoms. The average molecular weight is 251 g/mol. The molecular formula is C12H14FN3S. The maximum atomic E-state index is 13.2. The van der Waals surface area contributed by atoms with Crippen LogP contribution in [0.2, 0.25) is 0 Å². The van der Waals surface area contributed by atoms with E-state index in [0.29, 0.717) is 11.4 Å². The minimum atomic E-state index is -0.338. The summed E-state index contributed by atoms with van der Waals surface area (Å²) in [6.45, 7) is 3.99. The number of anilines is 2. The van der Waals surface area contributed by atoms with Crippen molar-refractivity contribution in [1.82, 2.24) is 4.98 Å². The topological polar surface area (TPSA) is 50.9 Å². The lowest BCUT2D eigenvalue weighted by molar-refractivity contribution is 0.628. The first kappa shape index (κ1) is 11.9. The first-order valence-corrected chi connectivity index (χ1v) is 6.11. The standard InChI is InChI=1S/C12H14FN3S/c1-7-6-15-12(17-7)8(2)16-11-4-9(13)3-10(14)5-11/h3-6,8,16H,14H2,1-2H3. The fraction of sp³-hybridized carbons (Fsp3) is 0.250. The molecule has 0 aliphatic carbocycles. The summed E-state index contributed by atoms with van der Waals surface area (Å²) < 4.78 is 13.2. The van der Waals surface area contributed by atoms with E-state index >= 15 is 0 Å². The zero-order valence-corrected chi connectivity index (χ0v) is 10.5. The smallest absolute Gasteiger partial charge is 0.127 e. The number of thiazole rings is 1. The number of nitrogens with zero attached hydrogens (tertiary/aromatic N) is 1. The number of aryl methyl sites for hydroxylation is 1. The predicted octanol–water partition coefficient (Wildman–Crippen LogP) is 3.35. The van der Waals surface area contributed by atoms with Gasteiger partial charge in [0.2, 0.25) is 0 Å². The van der Waals surface area contributed by atoms with Gasteiger partial charge in [0.15, 0.2) is 0 Å². The molecule has 2 rings (SSSR count). The van der Waals surface area contributed by atoms with Gasteiger partial charge < -0.3 is 11.1 Å². The SMILES string of the molecule is Cc1cnc(C(C)Nc2cc(N)cc(F)c2)s1. The summed E-state index contributed by atoms with van der Waals surface area (Å²) in [7, 11) is 0. The van der Waals surface area contributed by atoms with E-state index in [1.165, 1.54) is 12.1 Å². The highest BCUT2D eigenvalue weighted by molar-refractivity contribution is 7.11. The molecule has 3 nitrogen and oxygen atoms in total. The number of hydrogen-bond donors (Lipinski definition) is 2. The van der Waals surface area contributed by atoms with Gasteiger partial charge in [-0.15, -0.1) is 11.3 Å². The quantitative estimate of drug-likeness (QED) is 0.822. The summed E-state index contributed by atoms with van der Waals surface area (Å²) in [4.78, 5) is 5.45. The maximum absolute atomic E-state index is 13.2. The fourth-order valence-corrected chi connectivity index (χ4v) is 2.36. The second-order valence-corrected chi connectivity index (χ2v) is 5.21. The Labute approximate surface area is 103 Å². The van der Waals surface area contributed by atoms with Crippen molar-refractivity contribution in [2.24, 2.45) is 0 Å². The van der Waals surface area contributed by atoms with E-state index < -0.39 is 0 Å². The minimum absolute atomic E-state index is 0.0369. The van der Waals surface area contributed by atoms with Crippen molar-refractivity contribution in [3.8, 4) is 0 Å². The van der Waals surface area contributed by atoms with Crippen LogP contribution >= 0.6 is 11.3 Å². The van der Waals surface area contributed by atoms with E-state index in [0.717, 1.165) is 9.88 Å². The molecule has 1 atom stereocenters. The molecule has 5 heteroatoms. The molecule has 17 heavy (non-hydrogen) atoms. The molecule has 1 aromatic carbocycles. The van der Waals surface area contributed by atoms with Gasteiger partial charge in [-0.25, -0.2) is 9.37 Å². The molecule has 1 aromatic heterocycles. The summed E-state index contributed by atoms with van der Waals surface area (Å²) in [5.74, 6) is -0.338. The maximum Gasteiger partial charge on any atom is 0.127 e. The average Bonchev–Trinajstić information content (AvgIpc) is 2.63. The van der Waals surface area contributed by atoms with Crippen molar-refractivity contribution in [2.45, 2.75) is 19.9 Å². The van der Waals surface area contributed by atoms with Gasteiger partial charge in [0, 0.05) is 22.4 Å². The van der Waals surface area contributed by atoms with Crippen LogP contribution in [-0.2, 0) is 0 Å². The second-order valence-electron chi connectivity index (χ2n) is 3.95. The Morgan fingerprint density at radius 2 is 2.18 bits per heavy atom. The molecule has 3 N–H and O–H groups in total. The number of aromatic nitrogens is 1. The number of benzene rings is 1. The zero-order chi connectivity index (χ0) is 12.4. The Bertz CT molecular complexity index is 504. The van der Waals surface area contributed by atoms with Gasteiger partial charge in [0.25, 0.3) is 0 Å². The Balaban J connectivity index is 2.15.